The fraction of sp³-hybridized carbons (Fsp3) is 0. The number of nitrogens with zero attached hydrogens (tertiary/aromatic N) is 2. The highest BCUT2D eigenvalue weighted by molar-refractivity contribution is 9.11. The van der Waals surface area contributed by atoms with Gasteiger partial charge in [-0.05, 0) is 83.4 Å². The number of hydrogen-bond acceptors (Lipinski definition) is 8. The van der Waals surface area contributed by atoms with Gasteiger partial charge in [0.05, 0.1) is 29.7 Å². The van der Waals surface area contributed by atoms with Crippen molar-refractivity contribution in [1.82, 2.24) is 9.97 Å². The minimum atomic E-state index is -3.12. The predicted molar refractivity (Wildman–Crippen MR) is 504 cm³/mol. The number of anilines is 1. The molecule has 0 aliphatic heterocycles. The van der Waals surface area contributed by atoms with Crippen LogP contribution in [-0.2, 0) is 4.57 Å². The molecule has 0 bridgehead atoms. The van der Waals surface area contributed by atoms with E-state index in [0.29, 0.717) is 5.56 Å². The lowest BCUT2D eigenvalue weighted by molar-refractivity contribution is 0.112. The Hall–Kier alpha value is -10.6. The summed E-state index contributed by atoms with van der Waals surface area (Å²) in [6.45, 7) is 0. The molecule has 0 saturated carbocycles. The zero-order chi connectivity index (χ0) is 76.9. The summed E-state index contributed by atoms with van der Waals surface area (Å²) in [4.78, 5) is 20.4. The van der Waals surface area contributed by atoms with E-state index in [-0.39, 0.29) is 0 Å². The van der Waals surface area contributed by atoms with Crippen molar-refractivity contribution in [3.63, 3.8) is 0 Å². The largest absolute Gasteiger partial charge is 0.398 e. The molecule has 0 unspecified atom stereocenters. The highest BCUT2D eigenvalue weighted by Gasteiger charge is 2.30. The number of aromatic nitrogens is 2. The number of rotatable bonds is 9. The molecule has 14 heteroatoms. The van der Waals surface area contributed by atoms with E-state index in [1.807, 2.05) is 174 Å². The Morgan fingerprint density at radius 1 is 0.327 bits per heavy atom. The number of carbonyl (C=O) groups is 1. The summed E-state index contributed by atoms with van der Waals surface area (Å²) in [6.07, 6.45) is 0.824. The number of nitrogens with two attached hydrogens (primary N) is 1. The molecular formula is C99H65Br3ClN3O2P2S3. The van der Waals surface area contributed by atoms with Crippen LogP contribution >= 0.6 is 107 Å². The molecule has 2 N–H and O–H groups in total. The number of carbonyl (C=O) groups excluding carboxylic acids is 1. The summed E-state index contributed by atoms with van der Waals surface area (Å²) >= 11 is 22.3. The Kier molecular flexibility index (Phi) is 22.3. The Bertz CT molecular complexity index is 7090. The van der Waals surface area contributed by atoms with Gasteiger partial charge in [-0.1, -0.05) is 362 Å². The topological polar surface area (TPSA) is 85.9 Å². The standard InChI is InChI=1S/C37H24NOPS.C25H14BrNS.C18H12BrNS.C12H10ClP.C7H5BrO/c39-40(26-13-3-1-4-14-26,27-15-5-2-6-16-27)28-17-11-12-25(24-28)36-32-23-22-30-29-18-8-10-21-34(29)41-37(30)35(32)31-19-7-9-20-33(31)38-36;26-16-7-5-6-15(14-16)24-20-13-12-18-17-8-2-4-11-22(17)28-25(18)23(20)19-9-1-3-10-21(19)27-24;19-11-8-9-12(16(20)10-11)14-5-3-6-15-13-4-1-2-7-17(13)21-18(14)15;13-14(11-7-3-1-4-8-11)12-9-5-2-6-10-12;8-7-3-1-2-6(4-7)5-9/h1-24H;1-14H;1-10H,20H2;1-10H;1-5H. The van der Waals surface area contributed by atoms with Gasteiger partial charge in [0.1, 0.15) is 6.29 Å². The Labute approximate surface area is 697 Å². The smallest absolute Gasteiger partial charge is 0.171 e. The van der Waals surface area contributed by atoms with Gasteiger partial charge < -0.3 is 10.3 Å². The van der Waals surface area contributed by atoms with E-state index in [9.17, 15) is 4.79 Å². The van der Waals surface area contributed by atoms with Crippen LogP contribution in [0.15, 0.2) is 390 Å². The van der Waals surface area contributed by atoms with Crippen LogP contribution in [0.1, 0.15) is 10.4 Å². The van der Waals surface area contributed by atoms with Crippen molar-refractivity contribution >= 4 is 250 Å². The van der Waals surface area contributed by atoms with Crippen LogP contribution < -0.4 is 32.3 Å². The van der Waals surface area contributed by atoms with Crippen molar-refractivity contribution in [1.29, 1.82) is 0 Å². The predicted octanol–water partition coefficient (Wildman–Crippen LogP) is 28.8. The van der Waals surface area contributed by atoms with Crippen molar-refractivity contribution in [2.45, 2.75) is 0 Å². The molecule has 5 nitrogen and oxygen atoms in total. The molecule has 0 amide bonds. The fourth-order valence-electron chi connectivity index (χ4n) is 14.7. The second kappa shape index (κ2) is 33.6. The first-order valence-corrected chi connectivity index (χ1v) is 45.3. The molecule has 0 radical (unpaired) electrons. The summed E-state index contributed by atoms with van der Waals surface area (Å²) in [5, 5.41) is 19.9. The van der Waals surface area contributed by atoms with Crippen LogP contribution in [0.4, 0.5) is 5.69 Å². The lowest BCUT2D eigenvalue weighted by atomic mass is 9.98. The average Bonchev–Trinajstić information content (AvgIpc) is 1.71. The van der Waals surface area contributed by atoms with Gasteiger partial charge in [-0.15, -0.1) is 34.0 Å². The maximum atomic E-state index is 15.1. The lowest BCUT2D eigenvalue weighted by Gasteiger charge is -2.21. The van der Waals surface area contributed by atoms with Gasteiger partial charge in [-0.2, -0.15) is 0 Å². The zero-order valence-corrected chi connectivity index (χ0v) is 70.0. The Balaban J connectivity index is 0.000000111. The van der Waals surface area contributed by atoms with Crippen molar-refractivity contribution < 1.29 is 9.36 Å². The maximum Gasteiger partial charge on any atom is 0.171 e. The number of para-hydroxylation sites is 2. The molecule has 544 valence electrons. The first-order chi connectivity index (χ1) is 55.4. The van der Waals surface area contributed by atoms with Crippen LogP contribution in [0.5, 0.6) is 0 Å². The van der Waals surface area contributed by atoms with E-state index in [4.69, 9.17) is 26.9 Å². The molecule has 0 fully saturated rings. The van der Waals surface area contributed by atoms with Crippen molar-refractivity contribution in [3.8, 4) is 33.6 Å². The zero-order valence-electron chi connectivity index (χ0n) is 60.3. The van der Waals surface area contributed by atoms with Gasteiger partial charge in [-0.25, -0.2) is 9.97 Å². The van der Waals surface area contributed by atoms with Gasteiger partial charge in [0.25, 0.3) is 0 Å². The summed E-state index contributed by atoms with van der Waals surface area (Å²) in [5.74, 6) is 0. The van der Waals surface area contributed by atoms with E-state index < -0.39 is 14.4 Å². The SMILES string of the molecule is Brc1cccc(-c2nc3ccccc3c3c2ccc2c4ccccc4sc23)c1.ClP(c1ccccc1)c1ccccc1.Nc1cc(Br)ccc1-c1cccc2c1sc1ccccc12.O=Cc1cccc(Br)c1.O=P(c1ccccc1)(c1ccccc1)c1cccc(-c2nc3ccccc3c3c2ccc2c4ccccc4sc23)c1. The second-order valence-electron chi connectivity index (χ2n) is 26.9. The Morgan fingerprint density at radius 3 is 1.19 bits per heavy atom. The molecule has 16 aromatic carbocycles. The van der Waals surface area contributed by atoms with Gasteiger partial charge in [0, 0.05) is 156 Å². The first kappa shape index (κ1) is 75.1. The molecule has 0 aliphatic carbocycles. The number of aldehydes is 1. The number of halogens is 4. The molecular weight excluding hydrogens is 1700 g/mol. The second-order valence-corrected chi connectivity index (χ2v) is 38.1. The van der Waals surface area contributed by atoms with Crippen molar-refractivity contribution in [2.75, 3.05) is 5.73 Å². The van der Waals surface area contributed by atoms with Crippen LogP contribution in [0.25, 0.3) is 138 Å². The third kappa shape index (κ3) is 15.4. The lowest BCUT2D eigenvalue weighted by Crippen LogP contribution is -2.25. The normalized spacial score (nSPS) is 11.4. The van der Waals surface area contributed by atoms with Crippen LogP contribution in [-0.4, -0.2) is 16.3 Å². The number of thiophene rings is 3. The van der Waals surface area contributed by atoms with Crippen LogP contribution in [0.2, 0.25) is 0 Å². The van der Waals surface area contributed by atoms with Gasteiger partial charge >= 0.3 is 0 Å². The number of fused-ring (bicyclic) bond motifs is 17. The van der Waals surface area contributed by atoms with E-state index in [2.05, 4.69) is 272 Å². The highest BCUT2D eigenvalue weighted by atomic mass is 79.9. The summed E-state index contributed by atoms with van der Waals surface area (Å²) in [5.41, 5.74) is 16.0. The number of hydrogen-bond donors (Lipinski definition) is 1. The van der Waals surface area contributed by atoms with Gasteiger partial charge in [0.2, 0.25) is 0 Å². The van der Waals surface area contributed by atoms with E-state index in [1.54, 1.807) is 12.1 Å². The van der Waals surface area contributed by atoms with E-state index >= 15 is 4.57 Å². The summed E-state index contributed by atoms with van der Waals surface area (Å²) in [7, 11) is -3.82. The third-order valence-corrected chi connectivity index (χ3v) is 30.7. The van der Waals surface area contributed by atoms with E-state index in [0.717, 1.165) is 91.2 Å². The minimum Gasteiger partial charge on any atom is -0.398 e. The van der Waals surface area contributed by atoms with Crippen molar-refractivity contribution in [3.05, 3.63) is 395 Å². The molecule has 113 heavy (non-hydrogen) atoms. The molecule has 0 spiro atoms. The van der Waals surface area contributed by atoms with Crippen LogP contribution in [0, 0.1) is 0 Å². The van der Waals surface area contributed by atoms with Gasteiger partial charge in [0.15, 0.2) is 7.14 Å². The molecule has 0 atom stereocenters. The average molecular weight is 1760 g/mol. The molecule has 0 saturated heterocycles. The number of nitrogen functional groups attached to an aromatic ring is 1. The Morgan fingerprint density at radius 2 is 0.708 bits per heavy atom. The maximum absolute atomic E-state index is 15.1. The van der Waals surface area contributed by atoms with Gasteiger partial charge in [-0.3, -0.25) is 4.79 Å². The highest BCUT2D eigenvalue weighted by Crippen LogP contribution is 2.49. The molecule has 5 heterocycles. The summed E-state index contributed by atoms with van der Waals surface area (Å²) < 4.78 is 26.0. The molecule has 21 rings (SSSR count). The minimum absolute atomic E-state index is 0.698. The quantitative estimate of drug-likeness (QED) is 0.0673. The molecule has 0 aliphatic rings. The van der Waals surface area contributed by atoms with Crippen LogP contribution in [0.3, 0.4) is 0 Å². The van der Waals surface area contributed by atoms with Crippen molar-refractivity contribution in [2.24, 2.45) is 0 Å². The monoisotopic (exact) mass is 1760 g/mol. The third-order valence-electron chi connectivity index (χ3n) is 19.9. The van der Waals surface area contributed by atoms with E-state index in [1.165, 1.54) is 98.2 Å². The number of benzene rings is 16. The number of pyridine rings is 2. The molecule has 21 aromatic rings. The fourth-order valence-corrected chi connectivity index (χ4v) is 24.2. The first-order valence-electron chi connectivity index (χ1n) is 36.5. The summed E-state index contributed by atoms with van der Waals surface area (Å²) in [6, 6.07) is 128. The molecule has 5 aromatic heterocycles.